The van der Waals surface area contributed by atoms with Crippen LogP contribution in [0.25, 0.3) is 0 Å². The summed E-state index contributed by atoms with van der Waals surface area (Å²) in [6.45, 7) is 1.39. The number of carbonyl (C=O) groups excluding carboxylic acids is 3. The molecule has 33 heavy (non-hydrogen) atoms. The summed E-state index contributed by atoms with van der Waals surface area (Å²) >= 11 is 3.41. The Labute approximate surface area is 199 Å². The Bertz CT molecular complexity index is 1240. The highest BCUT2D eigenvalue weighted by molar-refractivity contribution is 9.10. The van der Waals surface area contributed by atoms with Gasteiger partial charge in [-0.25, -0.2) is 9.59 Å². The minimum Gasteiger partial charge on any atom is -0.466 e. The molecule has 2 aromatic carbocycles. The lowest BCUT2D eigenvalue weighted by Gasteiger charge is -2.36. The van der Waals surface area contributed by atoms with E-state index in [-0.39, 0.29) is 34.1 Å². The number of halogens is 1. The van der Waals surface area contributed by atoms with Crippen molar-refractivity contribution in [2.75, 3.05) is 19.1 Å². The third-order valence-corrected chi connectivity index (χ3v) is 5.87. The Hall–Kier alpha value is -3.90. The van der Waals surface area contributed by atoms with E-state index in [2.05, 4.69) is 22.0 Å². The van der Waals surface area contributed by atoms with Gasteiger partial charge in [0.1, 0.15) is 11.5 Å². The van der Waals surface area contributed by atoms with Gasteiger partial charge in [-0.15, -0.1) is 0 Å². The number of hydrogen-bond acceptors (Lipinski definition) is 8. The van der Waals surface area contributed by atoms with Gasteiger partial charge in [0.2, 0.25) is 0 Å². The summed E-state index contributed by atoms with van der Waals surface area (Å²) in [4.78, 5) is 39.3. The van der Waals surface area contributed by atoms with Crippen LogP contribution in [0.4, 0.5) is 5.69 Å². The van der Waals surface area contributed by atoms with Crippen molar-refractivity contribution in [3.8, 4) is 6.07 Å². The average Bonchev–Trinajstić information content (AvgIpc) is 2.83. The van der Waals surface area contributed by atoms with Crippen LogP contribution in [0.15, 0.2) is 75.7 Å². The summed E-state index contributed by atoms with van der Waals surface area (Å²) in [5, 5.41) is 10.1. The molecule has 8 nitrogen and oxygen atoms in total. The van der Waals surface area contributed by atoms with E-state index in [1.807, 2.05) is 0 Å². The van der Waals surface area contributed by atoms with Gasteiger partial charge in [0.15, 0.2) is 5.78 Å². The molecule has 0 amide bonds. The highest BCUT2D eigenvalue weighted by Crippen LogP contribution is 2.44. The van der Waals surface area contributed by atoms with Crippen LogP contribution in [0, 0.1) is 11.3 Å². The Morgan fingerprint density at radius 2 is 1.70 bits per heavy atom. The predicted molar refractivity (Wildman–Crippen MR) is 124 cm³/mol. The second kappa shape index (κ2) is 9.71. The maximum absolute atomic E-state index is 13.1. The van der Waals surface area contributed by atoms with Gasteiger partial charge < -0.3 is 15.2 Å². The number of carbonyl (C=O) groups is 3. The zero-order chi connectivity index (χ0) is 24.3. The third-order valence-electron chi connectivity index (χ3n) is 5.20. The molecule has 0 saturated carbocycles. The lowest BCUT2D eigenvalue weighted by Crippen LogP contribution is -2.41. The van der Waals surface area contributed by atoms with Crippen molar-refractivity contribution in [1.82, 2.24) is 0 Å². The number of rotatable bonds is 5. The molecule has 1 heterocycles. The highest BCUT2D eigenvalue weighted by Gasteiger charge is 2.43. The van der Waals surface area contributed by atoms with Crippen molar-refractivity contribution >= 4 is 39.3 Å². The SMILES string of the molecule is COC(=O)C1=C(C(=O)OC)N(c2cc(C(C)=O)ccc2Br)C(N)=C(C#N)C1c1ccccc1. The van der Waals surface area contributed by atoms with Crippen LogP contribution in [0.3, 0.4) is 0 Å². The Balaban J connectivity index is 2.46. The van der Waals surface area contributed by atoms with Gasteiger partial charge in [-0.1, -0.05) is 36.4 Å². The fourth-order valence-corrected chi connectivity index (χ4v) is 4.09. The van der Waals surface area contributed by atoms with Crippen LogP contribution >= 0.6 is 15.9 Å². The number of nitrogens with two attached hydrogens (primary N) is 1. The summed E-state index contributed by atoms with van der Waals surface area (Å²) in [7, 11) is 2.34. The van der Waals surface area contributed by atoms with E-state index < -0.39 is 17.9 Å². The maximum Gasteiger partial charge on any atom is 0.355 e. The Kier molecular flexibility index (Phi) is 6.99. The molecule has 9 heteroatoms. The van der Waals surface area contributed by atoms with E-state index in [4.69, 9.17) is 15.2 Å². The van der Waals surface area contributed by atoms with E-state index in [1.54, 1.807) is 42.5 Å². The van der Waals surface area contributed by atoms with Gasteiger partial charge in [0.25, 0.3) is 0 Å². The maximum atomic E-state index is 13.1. The number of nitriles is 1. The molecule has 0 fully saturated rings. The van der Waals surface area contributed by atoms with Crippen molar-refractivity contribution in [3.05, 3.63) is 86.8 Å². The normalized spacial score (nSPS) is 15.7. The van der Waals surface area contributed by atoms with Gasteiger partial charge in [0, 0.05) is 10.0 Å². The molecular formula is C24H20BrN3O5. The quantitative estimate of drug-likeness (QED) is 0.479. The number of ketones is 1. The Morgan fingerprint density at radius 3 is 2.24 bits per heavy atom. The predicted octanol–water partition coefficient (Wildman–Crippen LogP) is 3.55. The van der Waals surface area contributed by atoms with Gasteiger partial charge in [-0.05, 0) is 40.5 Å². The number of anilines is 1. The zero-order valence-corrected chi connectivity index (χ0v) is 19.7. The second-order valence-corrected chi connectivity index (χ2v) is 7.91. The number of benzene rings is 2. The first kappa shape index (κ1) is 23.8. The van der Waals surface area contributed by atoms with E-state index in [9.17, 15) is 19.6 Å². The lowest BCUT2D eigenvalue weighted by atomic mass is 9.81. The second-order valence-electron chi connectivity index (χ2n) is 7.06. The minimum absolute atomic E-state index is 0.0365. The number of Topliss-reactive ketones (excluding diaryl/α,β-unsaturated/α-hetero) is 1. The number of methoxy groups -OCH3 is 2. The molecule has 3 rings (SSSR count). The first-order valence-electron chi connectivity index (χ1n) is 9.72. The molecule has 2 aromatic rings. The largest absolute Gasteiger partial charge is 0.466 e. The molecule has 0 bridgehead atoms. The smallest absolute Gasteiger partial charge is 0.355 e. The Morgan fingerprint density at radius 1 is 1.06 bits per heavy atom. The summed E-state index contributed by atoms with van der Waals surface area (Å²) in [6, 6.07) is 15.5. The van der Waals surface area contributed by atoms with Crippen LogP contribution in [0.2, 0.25) is 0 Å². The topological polar surface area (TPSA) is 123 Å². The molecule has 1 aliphatic heterocycles. The first-order chi connectivity index (χ1) is 15.8. The number of allylic oxidation sites excluding steroid dienone is 1. The molecule has 168 valence electrons. The summed E-state index contributed by atoms with van der Waals surface area (Å²) in [5.41, 5.74) is 7.36. The molecule has 1 aliphatic rings. The molecule has 0 aliphatic carbocycles. The van der Waals surface area contributed by atoms with Crippen molar-refractivity contribution in [2.24, 2.45) is 5.73 Å². The van der Waals surface area contributed by atoms with Crippen molar-refractivity contribution < 1.29 is 23.9 Å². The number of ether oxygens (including phenoxy) is 2. The fraction of sp³-hybridized carbons (Fsp3) is 0.167. The van der Waals surface area contributed by atoms with E-state index in [0.29, 0.717) is 15.6 Å². The molecule has 0 spiro atoms. The number of nitrogens with zero attached hydrogens (tertiary/aromatic N) is 2. The lowest BCUT2D eigenvalue weighted by molar-refractivity contribution is -0.139. The average molecular weight is 510 g/mol. The molecule has 0 aromatic heterocycles. The van der Waals surface area contributed by atoms with Crippen LogP contribution in [-0.2, 0) is 19.1 Å². The van der Waals surface area contributed by atoms with Gasteiger partial charge >= 0.3 is 11.9 Å². The fourth-order valence-electron chi connectivity index (χ4n) is 3.67. The summed E-state index contributed by atoms with van der Waals surface area (Å²) < 4.78 is 10.5. The van der Waals surface area contributed by atoms with Gasteiger partial charge in [-0.2, -0.15) is 5.26 Å². The molecule has 1 unspecified atom stereocenters. The first-order valence-corrected chi connectivity index (χ1v) is 10.5. The number of esters is 2. The summed E-state index contributed by atoms with van der Waals surface area (Å²) in [6.07, 6.45) is 0. The van der Waals surface area contributed by atoms with Crippen molar-refractivity contribution in [2.45, 2.75) is 12.8 Å². The molecule has 0 radical (unpaired) electrons. The minimum atomic E-state index is -0.969. The van der Waals surface area contributed by atoms with E-state index in [1.165, 1.54) is 32.1 Å². The standard InChI is InChI=1S/C24H20BrN3O5/c1-13(29)15-9-10-17(25)18(11-15)28-21(24(31)33-3)20(23(30)32-2)19(16(12-26)22(28)27)14-7-5-4-6-8-14/h4-11,19H,27H2,1-3H3. The zero-order valence-electron chi connectivity index (χ0n) is 18.1. The van der Waals surface area contributed by atoms with E-state index in [0.717, 1.165) is 0 Å². The van der Waals surface area contributed by atoms with Crippen LogP contribution < -0.4 is 10.6 Å². The van der Waals surface area contributed by atoms with Gasteiger partial charge in [0.05, 0.1) is 43.0 Å². The van der Waals surface area contributed by atoms with Gasteiger partial charge in [-0.3, -0.25) is 9.69 Å². The summed E-state index contributed by atoms with van der Waals surface area (Å²) in [5.74, 6) is -2.96. The number of hydrogen-bond donors (Lipinski definition) is 1. The van der Waals surface area contributed by atoms with Crippen LogP contribution in [-0.4, -0.2) is 31.9 Å². The monoisotopic (exact) mass is 509 g/mol. The van der Waals surface area contributed by atoms with Crippen molar-refractivity contribution in [3.63, 3.8) is 0 Å². The molecular weight excluding hydrogens is 490 g/mol. The van der Waals surface area contributed by atoms with E-state index >= 15 is 0 Å². The third kappa shape index (κ3) is 4.25. The molecule has 2 N–H and O–H groups in total. The molecule has 0 saturated heterocycles. The molecule has 1 atom stereocenters. The van der Waals surface area contributed by atoms with Crippen molar-refractivity contribution in [1.29, 1.82) is 5.26 Å². The van der Waals surface area contributed by atoms with Crippen LogP contribution in [0.1, 0.15) is 28.8 Å². The van der Waals surface area contributed by atoms with Crippen LogP contribution in [0.5, 0.6) is 0 Å². The highest BCUT2D eigenvalue weighted by atomic mass is 79.9.